The number of aromatic nitrogens is 4. The van der Waals surface area contributed by atoms with Crippen molar-refractivity contribution in [2.24, 2.45) is 17.6 Å². The monoisotopic (exact) mass is 357 g/mol. The third-order valence-electron chi connectivity index (χ3n) is 5.85. The quantitative estimate of drug-likeness (QED) is 0.878. The van der Waals surface area contributed by atoms with Crippen molar-refractivity contribution in [3.8, 4) is 0 Å². The van der Waals surface area contributed by atoms with Gasteiger partial charge in [0.2, 0.25) is 5.91 Å². The van der Waals surface area contributed by atoms with Gasteiger partial charge in [0.25, 0.3) is 0 Å². The number of amides is 1. The molecule has 4 rings (SSSR count). The van der Waals surface area contributed by atoms with Crippen LogP contribution in [0.25, 0.3) is 5.65 Å². The van der Waals surface area contributed by atoms with Crippen molar-refractivity contribution in [3.63, 3.8) is 0 Å². The predicted octanol–water partition coefficient (Wildman–Crippen LogP) is 0.927. The molecule has 140 valence electrons. The summed E-state index contributed by atoms with van der Waals surface area (Å²) in [5.41, 5.74) is 6.68. The molecule has 0 spiro atoms. The molecule has 0 radical (unpaired) electrons. The maximum absolute atomic E-state index is 13.0. The standard InChI is InChI=1S/C18H27N7O/c1-13-4-9-24(15(10-13)11-19)18(26)14-5-7-23(8-6-14)17-3-2-16-21-20-12-25(16)22-17/h2-3,12-15H,4-11,19H2,1H3. The molecule has 2 aliphatic rings. The Morgan fingerprint density at radius 3 is 2.81 bits per heavy atom. The normalized spacial score (nSPS) is 25.0. The second-order valence-electron chi connectivity index (χ2n) is 7.64. The van der Waals surface area contributed by atoms with E-state index >= 15 is 0 Å². The molecule has 2 fully saturated rings. The van der Waals surface area contributed by atoms with E-state index in [2.05, 4.69) is 32.0 Å². The Morgan fingerprint density at radius 2 is 2.04 bits per heavy atom. The van der Waals surface area contributed by atoms with E-state index in [1.54, 1.807) is 10.8 Å². The molecule has 2 aliphatic heterocycles. The van der Waals surface area contributed by atoms with Gasteiger partial charge < -0.3 is 15.5 Å². The topological polar surface area (TPSA) is 92.7 Å². The minimum atomic E-state index is 0.104. The van der Waals surface area contributed by atoms with Crippen LogP contribution in [0.1, 0.15) is 32.6 Å². The lowest BCUT2D eigenvalue weighted by molar-refractivity contribution is -0.140. The molecule has 2 aromatic rings. The highest BCUT2D eigenvalue weighted by molar-refractivity contribution is 5.79. The fourth-order valence-electron chi connectivity index (χ4n) is 4.24. The fraction of sp³-hybridized carbons (Fsp3) is 0.667. The van der Waals surface area contributed by atoms with Crippen molar-refractivity contribution in [3.05, 3.63) is 18.5 Å². The van der Waals surface area contributed by atoms with Gasteiger partial charge in [-0.15, -0.1) is 15.3 Å². The molecule has 2 aromatic heterocycles. The van der Waals surface area contributed by atoms with E-state index in [0.717, 1.165) is 56.8 Å². The molecule has 2 atom stereocenters. The molecule has 8 heteroatoms. The number of carbonyl (C=O) groups is 1. The van der Waals surface area contributed by atoms with Gasteiger partial charge in [-0.05, 0) is 43.7 Å². The maximum atomic E-state index is 13.0. The fourth-order valence-corrected chi connectivity index (χ4v) is 4.24. The van der Waals surface area contributed by atoms with Gasteiger partial charge in [0, 0.05) is 38.1 Å². The highest BCUT2D eigenvalue weighted by atomic mass is 16.2. The van der Waals surface area contributed by atoms with Crippen LogP contribution in [0.3, 0.4) is 0 Å². The molecular formula is C18H27N7O. The Kier molecular flexibility index (Phi) is 4.76. The minimum absolute atomic E-state index is 0.104. The van der Waals surface area contributed by atoms with Crippen molar-refractivity contribution >= 4 is 17.4 Å². The summed E-state index contributed by atoms with van der Waals surface area (Å²) in [6.45, 7) is 5.36. The summed E-state index contributed by atoms with van der Waals surface area (Å²) >= 11 is 0. The van der Waals surface area contributed by atoms with E-state index in [1.807, 2.05) is 12.1 Å². The van der Waals surface area contributed by atoms with E-state index in [4.69, 9.17) is 5.73 Å². The Hall–Kier alpha value is -2.22. The van der Waals surface area contributed by atoms with Crippen molar-refractivity contribution < 1.29 is 4.79 Å². The third kappa shape index (κ3) is 3.25. The first-order chi connectivity index (χ1) is 12.7. The predicted molar refractivity (Wildman–Crippen MR) is 98.7 cm³/mol. The summed E-state index contributed by atoms with van der Waals surface area (Å²) in [4.78, 5) is 17.3. The highest BCUT2D eigenvalue weighted by Gasteiger charge is 2.34. The maximum Gasteiger partial charge on any atom is 0.226 e. The Balaban J connectivity index is 1.39. The average Bonchev–Trinajstić information content (AvgIpc) is 3.15. The lowest BCUT2D eigenvalue weighted by Crippen LogP contribution is -2.52. The van der Waals surface area contributed by atoms with Gasteiger partial charge >= 0.3 is 0 Å². The van der Waals surface area contributed by atoms with Crippen LogP contribution >= 0.6 is 0 Å². The van der Waals surface area contributed by atoms with Crippen molar-refractivity contribution in [2.45, 2.75) is 38.6 Å². The first-order valence-corrected chi connectivity index (χ1v) is 9.58. The average molecular weight is 357 g/mol. The lowest BCUT2D eigenvalue weighted by Gasteiger charge is -2.41. The zero-order valence-electron chi connectivity index (χ0n) is 15.3. The van der Waals surface area contributed by atoms with Gasteiger partial charge in [-0.25, -0.2) is 0 Å². The van der Waals surface area contributed by atoms with E-state index in [0.29, 0.717) is 18.4 Å². The molecule has 2 unspecified atom stereocenters. The van der Waals surface area contributed by atoms with Crippen LogP contribution in [-0.2, 0) is 4.79 Å². The van der Waals surface area contributed by atoms with Crippen LogP contribution in [0.5, 0.6) is 0 Å². The van der Waals surface area contributed by atoms with Crippen molar-refractivity contribution in [2.75, 3.05) is 31.1 Å². The van der Waals surface area contributed by atoms with Crippen LogP contribution < -0.4 is 10.6 Å². The second kappa shape index (κ2) is 7.19. The summed E-state index contributed by atoms with van der Waals surface area (Å²) in [6.07, 6.45) is 5.46. The zero-order valence-corrected chi connectivity index (χ0v) is 15.3. The largest absolute Gasteiger partial charge is 0.355 e. The van der Waals surface area contributed by atoms with Gasteiger partial charge in [-0.2, -0.15) is 4.52 Å². The molecule has 1 amide bonds. The van der Waals surface area contributed by atoms with Gasteiger partial charge in [0.15, 0.2) is 5.65 Å². The number of likely N-dealkylation sites (tertiary alicyclic amines) is 1. The van der Waals surface area contributed by atoms with E-state index < -0.39 is 0 Å². The first-order valence-electron chi connectivity index (χ1n) is 9.58. The summed E-state index contributed by atoms with van der Waals surface area (Å²) in [7, 11) is 0. The molecule has 0 aliphatic carbocycles. The molecule has 2 N–H and O–H groups in total. The molecule has 0 bridgehead atoms. The lowest BCUT2D eigenvalue weighted by atomic mass is 9.89. The van der Waals surface area contributed by atoms with Crippen molar-refractivity contribution in [1.29, 1.82) is 0 Å². The van der Waals surface area contributed by atoms with Gasteiger partial charge in [0.1, 0.15) is 12.1 Å². The van der Waals surface area contributed by atoms with E-state index in [9.17, 15) is 4.79 Å². The summed E-state index contributed by atoms with van der Waals surface area (Å²) in [5, 5.41) is 12.4. The number of carbonyl (C=O) groups excluding carboxylic acids is 1. The zero-order chi connectivity index (χ0) is 18.1. The molecule has 0 saturated carbocycles. The highest BCUT2D eigenvalue weighted by Crippen LogP contribution is 2.28. The minimum Gasteiger partial charge on any atom is -0.355 e. The molecule has 8 nitrogen and oxygen atoms in total. The first kappa shape index (κ1) is 17.2. The van der Waals surface area contributed by atoms with Crippen molar-refractivity contribution in [1.82, 2.24) is 24.7 Å². The summed E-state index contributed by atoms with van der Waals surface area (Å²) in [5.74, 6) is 1.98. The van der Waals surface area contributed by atoms with Crippen LogP contribution in [0, 0.1) is 11.8 Å². The van der Waals surface area contributed by atoms with E-state index in [1.165, 1.54) is 0 Å². The Bertz CT molecular complexity index is 768. The van der Waals surface area contributed by atoms with Crippen LogP contribution in [0.2, 0.25) is 0 Å². The number of anilines is 1. The molecule has 0 aromatic carbocycles. The van der Waals surface area contributed by atoms with Crippen LogP contribution in [0.4, 0.5) is 5.82 Å². The molecule has 4 heterocycles. The number of nitrogens with zero attached hydrogens (tertiary/aromatic N) is 6. The van der Waals surface area contributed by atoms with Crippen LogP contribution in [0.15, 0.2) is 18.5 Å². The molecule has 2 saturated heterocycles. The number of hydrogen-bond donors (Lipinski definition) is 1. The molecule has 26 heavy (non-hydrogen) atoms. The smallest absolute Gasteiger partial charge is 0.226 e. The van der Waals surface area contributed by atoms with Gasteiger partial charge in [-0.1, -0.05) is 6.92 Å². The number of piperidine rings is 2. The number of fused-ring (bicyclic) bond motifs is 1. The number of rotatable bonds is 3. The number of hydrogen-bond acceptors (Lipinski definition) is 6. The Labute approximate surface area is 153 Å². The van der Waals surface area contributed by atoms with Gasteiger partial charge in [0.05, 0.1) is 0 Å². The molecular weight excluding hydrogens is 330 g/mol. The summed E-state index contributed by atoms with van der Waals surface area (Å²) in [6, 6.07) is 4.11. The van der Waals surface area contributed by atoms with Crippen LogP contribution in [-0.4, -0.2) is 62.8 Å². The SMILES string of the molecule is CC1CCN(C(=O)C2CCN(c3ccc4nncn4n3)CC2)C(CN)C1. The third-order valence-corrected chi connectivity index (χ3v) is 5.85. The summed E-state index contributed by atoms with van der Waals surface area (Å²) < 4.78 is 1.69. The second-order valence-corrected chi connectivity index (χ2v) is 7.64. The van der Waals surface area contributed by atoms with Gasteiger partial charge in [-0.3, -0.25) is 4.79 Å². The number of nitrogens with two attached hydrogens (primary N) is 1. The van der Waals surface area contributed by atoms with E-state index in [-0.39, 0.29) is 12.0 Å². The Morgan fingerprint density at radius 1 is 1.23 bits per heavy atom.